The van der Waals surface area contributed by atoms with Crippen LogP contribution in [0.15, 0.2) is 12.1 Å². The van der Waals surface area contributed by atoms with Crippen LogP contribution < -0.4 is 14.8 Å². The van der Waals surface area contributed by atoms with Gasteiger partial charge in [-0.3, -0.25) is 9.69 Å². The molecule has 0 radical (unpaired) electrons. The van der Waals surface area contributed by atoms with Gasteiger partial charge < -0.3 is 29.2 Å². The number of ether oxygens (including phenoxy) is 4. The molecule has 0 spiro atoms. The number of hydrogen-bond acceptors (Lipinski definition) is 7. The third kappa shape index (κ3) is 4.46. The summed E-state index contributed by atoms with van der Waals surface area (Å²) < 4.78 is 21.2. The van der Waals surface area contributed by atoms with E-state index < -0.39 is 5.97 Å². The zero-order valence-corrected chi connectivity index (χ0v) is 17.3. The third-order valence-electron chi connectivity index (χ3n) is 4.82. The lowest BCUT2D eigenvalue weighted by Crippen LogP contribution is -2.48. The van der Waals surface area contributed by atoms with Gasteiger partial charge in [-0.15, -0.1) is 0 Å². The van der Waals surface area contributed by atoms with Crippen LogP contribution >= 0.6 is 0 Å². The van der Waals surface area contributed by atoms with Crippen LogP contribution in [0.4, 0.5) is 5.69 Å². The highest BCUT2D eigenvalue weighted by Gasteiger charge is 2.26. The van der Waals surface area contributed by atoms with E-state index in [2.05, 4.69) is 10.3 Å². The SMILES string of the molecule is COC(=O)c1[nH]c2cc(OC)c(OC)cc2c1NC(=O)CN1C[C@@H](C)O[C@@H](C)C1. The number of aromatic nitrogens is 1. The number of anilines is 1. The fourth-order valence-electron chi connectivity index (χ4n) is 3.70. The zero-order chi connectivity index (χ0) is 21.1. The van der Waals surface area contributed by atoms with E-state index in [4.69, 9.17) is 18.9 Å². The maximum atomic E-state index is 12.8. The first-order valence-electron chi connectivity index (χ1n) is 9.39. The summed E-state index contributed by atoms with van der Waals surface area (Å²) in [6.07, 6.45) is 0.115. The number of morpholine rings is 1. The molecular weight excluding hydrogens is 378 g/mol. The van der Waals surface area contributed by atoms with Crippen molar-refractivity contribution in [1.29, 1.82) is 0 Å². The molecule has 1 aliphatic rings. The van der Waals surface area contributed by atoms with Crippen LogP contribution in [0.1, 0.15) is 24.3 Å². The van der Waals surface area contributed by atoms with E-state index >= 15 is 0 Å². The van der Waals surface area contributed by atoms with E-state index in [9.17, 15) is 9.59 Å². The standard InChI is InChI=1S/C20H27N3O6/c1-11-8-23(9-12(2)29-11)10-17(24)22-18-13-6-15(26-3)16(27-4)7-14(13)21-19(18)20(25)28-5/h6-7,11-12,21H,8-10H2,1-5H3,(H,22,24)/t11-,12+. The minimum atomic E-state index is -0.581. The van der Waals surface area contributed by atoms with Crippen LogP contribution in [-0.2, 0) is 14.3 Å². The van der Waals surface area contributed by atoms with Crippen molar-refractivity contribution >= 4 is 28.5 Å². The molecule has 0 bridgehead atoms. The second-order valence-corrected chi connectivity index (χ2v) is 7.12. The van der Waals surface area contributed by atoms with Crippen LogP contribution in [0.3, 0.4) is 0 Å². The highest BCUT2D eigenvalue weighted by atomic mass is 16.5. The van der Waals surface area contributed by atoms with Gasteiger partial charge in [0, 0.05) is 24.5 Å². The average molecular weight is 405 g/mol. The number of esters is 1. The lowest BCUT2D eigenvalue weighted by atomic mass is 10.2. The van der Waals surface area contributed by atoms with Crippen molar-refractivity contribution in [3.05, 3.63) is 17.8 Å². The summed E-state index contributed by atoms with van der Waals surface area (Å²) >= 11 is 0. The Kier molecular flexibility index (Phi) is 6.29. The smallest absolute Gasteiger partial charge is 0.356 e. The van der Waals surface area contributed by atoms with Crippen LogP contribution in [0.2, 0.25) is 0 Å². The molecule has 0 saturated carbocycles. The minimum Gasteiger partial charge on any atom is -0.493 e. The first-order chi connectivity index (χ1) is 13.9. The molecule has 9 heteroatoms. The van der Waals surface area contributed by atoms with Crippen molar-refractivity contribution in [3.8, 4) is 11.5 Å². The van der Waals surface area contributed by atoms with Gasteiger partial charge in [-0.2, -0.15) is 0 Å². The van der Waals surface area contributed by atoms with E-state index in [1.807, 2.05) is 18.7 Å². The molecule has 1 aromatic heterocycles. The number of carbonyl (C=O) groups is 2. The van der Waals surface area contributed by atoms with Gasteiger partial charge in [0.05, 0.1) is 51.3 Å². The molecule has 1 amide bonds. The second kappa shape index (κ2) is 8.71. The Hall–Kier alpha value is -2.78. The molecule has 0 aliphatic carbocycles. The Morgan fingerprint density at radius 3 is 2.34 bits per heavy atom. The number of aromatic amines is 1. The molecule has 1 saturated heterocycles. The number of methoxy groups -OCH3 is 3. The minimum absolute atomic E-state index is 0.0574. The molecule has 2 N–H and O–H groups in total. The number of carbonyl (C=O) groups excluding carboxylic acids is 2. The van der Waals surface area contributed by atoms with Crippen molar-refractivity contribution in [2.24, 2.45) is 0 Å². The van der Waals surface area contributed by atoms with E-state index in [0.717, 1.165) is 0 Å². The summed E-state index contributed by atoms with van der Waals surface area (Å²) in [6, 6.07) is 3.42. The zero-order valence-electron chi connectivity index (χ0n) is 17.3. The Labute approximate surface area is 169 Å². The van der Waals surface area contributed by atoms with Crippen LogP contribution in [0.5, 0.6) is 11.5 Å². The predicted molar refractivity (Wildman–Crippen MR) is 108 cm³/mol. The van der Waals surface area contributed by atoms with Gasteiger partial charge >= 0.3 is 5.97 Å². The fourth-order valence-corrected chi connectivity index (χ4v) is 3.70. The second-order valence-electron chi connectivity index (χ2n) is 7.12. The predicted octanol–water partition coefficient (Wildman–Crippen LogP) is 2.02. The van der Waals surface area contributed by atoms with E-state index in [-0.39, 0.29) is 30.4 Å². The Morgan fingerprint density at radius 1 is 1.14 bits per heavy atom. The number of fused-ring (bicyclic) bond motifs is 1. The molecule has 3 rings (SSSR count). The number of nitrogens with one attached hydrogen (secondary N) is 2. The molecule has 1 aliphatic heterocycles. The van der Waals surface area contributed by atoms with Crippen LogP contribution in [-0.4, -0.2) is 74.9 Å². The molecule has 9 nitrogen and oxygen atoms in total. The summed E-state index contributed by atoms with van der Waals surface area (Å²) in [7, 11) is 4.34. The third-order valence-corrected chi connectivity index (χ3v) is 4.82. The molecule has 2 heterocycles. The molecular formula is C20H27N3O6. The number of amides is 1. The van der Waals surface area contributed by atoms with E-state index in [0.29, 0.717) is 41.2 Å². The lowest BCUT2D eigenvalue weighted by molar-refractivity contribution is -0.121. The highest BCUT2D eigenvalue weighted by Crippen LogP contribution is 2.37. The summed E-state index contributed by atoms with van der Waals surface area (Å²) in [5.74, 6) is 0.184. The fraction of sp³-hybridized carbons (Fsp3) is 0.500. The van der Waals surface area contributed by atoms with Gasteiger partial charge in [0.15, 0.2) is 11.5 Å². The topological polar surface area (TPSA) is 102 Å². The first kappa shape index (κ1) is 20.9. The van der Waals surface area contributed by atoms with Gasteiger partial charge in [0.1, 0.15) is 5.69 Å². The van der Waals surface area contributed by atoms with Gasteiger partial charge in [0.25, 0.3) is 0 Å². The number of benzene rings is 1. The number of nitrogens with zero attached hydrogens (tertiary/aromatic N) is 1. The summed E-state index contributed by atoms with van der Waals surface area (Å²) in [5, 5.41) is 3.49. The largest absolute Gasteiger partial charge is 0.493 e. The van der Waals surface area contributed by atoms with Crippen molar-refractivity contribution in [2.45, 2.75) is 26.1 Å². The maximum absolute atomic E-state index is 12.8. The molecule has 29 heavy (non-hydrogen) atoms. The molecule has 0 unspecified atom stereocenters. The normalized spacial score (nSPS) is 19.8. The van der Waals surface area contributed by atoms with E-state index in [1.165, 1.54) is 21.3 Å². The summed E-state index contributed by atoms with van der Waals surface area (Å²) in [5.41, 5.74) is 1.13. The lowest BCUT2D eigenvalue weighted by Gasteiger charge is -2.34. The highest BCUT2D eigenvalue weighted by molar-refractivity contribution is 6.11. The molecule has 2 aromatic rings. The van der Waals surface area contributed by atoms with Crippen molar-refractivity contribution in [3.63, 3.8) is 0 Å². The van der Waals surface area contributed by atoms with Crippen LogP contribution in [0, 0.1) is 0 Å². The number of hydrogen-bond donors (Lipinski definition) is 2. The number of H-pyrrole nitrogens is 1. The van der Waals surface area contributed by atoms with Crippen molar-refractivity contribution in [2.75, 3.05) is 46.3 Å². The Morgan fingerprint density at radius 2 is 1.76 bits per heavy atom. The van der Waals surface area contributed by atoms with Gasteiger partial charge in [-0.05, 0) is 19.9 Å². The molecule has 158 valence electrons. The van der Waals surface area contributed by atoms with Crippen molar-refractivity contribution < 1.29 is 28.5 Å². The summed E-state index contributed by atoms with van der Waals surface area (Å²) in [4.78, 5) is 30.1. The Balaban J connectivity index is 1.91. The number of rotatable bonds is 6. The van der Waals surface area contributed by atoms with E-state index in [1.54, 1.807) is 12.1 Å². The van der Waals surface area contributed by atoms with Gasteiger partial charge in [-0.25, -0.2) is 4.79 Å². The quantitative estimate of drug-likeness (QED) is 0.709. The van der Waals surface area contributed by atoms with Crippen molar-refractivity contribution in [1.82, 2.24) is 9.88 Å². The molecule has 1 aromatic carbocycles. The molecule has 2 atom stereocenters. The Bertz CT molecular complexity index is 899. The molecule has 1 fully saturated rings. The summed E-state index contributed by atoms with van der Waals surface area (Å²) in [6.45, 7) is 5.49. The first-order valence-corrected chi connectivity index (χ1v) is 9.39. The van der Waals surface area contributed by atoms with Gasteiger partial charge in [0.2, 0.25) is 5.91 Å². The monoisotopic (exact) mass is 405 g/mol. The average Bonchev–Trinajstić information content (AvgIpc) is 3.02. The maximum Gasteiger partial charge on any atom is 0.356 e. The van der Waals surface area contributed by atoms with Crippen LogP contribution in [0.25, 0.3) is 10.9 Å². The van der Waals surface area contributed by atoms with Gasteiger partial charge in [-0.1, -0.05) is 0 Å².